The van der Waals surface area contributed by atoms with Crippen LogP contribution in [0.15, 0.2) is 24.3 Å². The first-order valence-electron chi connectivity index (χ1n) is 9.02. The number of rotatable bonds is 7. The Hall–Kier alpha value is -1.05. The highest BCUT2D eigenvalue weighted by Crippen LogP contribution is 2.39. The van der Waals surface area contributed by atoms with Crippen LogP contribution < -0.4 is 0 Å². The topological polar surface area (TPSA) is 57.7 Å². The van der Waals surface area contributed by atoms with Crippen molar-refractivity contribution in [1.82, 2.24) is 9.21 Å². The van der Waals surface area contributed by atoms with Crippen LogP contribution in [0.25, 0.3) is 0 Å². The summed E-state index contributed by atoms with van der Waals surface area (Å²) in [6.07, 6.45) is 0.591. The van der Waals surface area contributed by atoms with Gasteiger partial charge in [-0.25, -0.2) is 12.7 Å². The molecule has 1 aromatic carbocycles. The quantitative estimate of drug-likeness (QED) is 0.708. The Bertz CT molecular complexity index is 724. The number of hydrogen-bond acceptors (Lipinski definition) is 4. The van der Waals surface area contributed by atoms with Crippen LogP contribution in [0, 0.1) is 0 Å². The van der Waals surface area contributed by atoms with Crippen LogP contribution >= 0.6 is 11.8 Å². The monoisotopic (exact) mass is 398 g/mol. The fourth-order valence-corrected chi connectivity index (χ4v) is 5.33. The standard InChI is InChI=1S/C19H30N2O3S2/c1-6-13-26(23,24)20(5)11-12-21-17(22)14-25-18(21)15-7-9-16(10-8-15)19(2,3)4/h7-10,18H,6,11-14H2,1-5H3/t18-/m1/s1. The van der Waals surface area contributed by atoms with Gasteiger partial charge in [0.1, 0.15) is 5.37 Å². The Morgan fingerprint density at radius 2 is 1.85 bits per heavy atom. The lowest BCUT2D eigenvalue weighted by Crippen LogP contribution is -2.38. The van der Waals surface area contributed by atoms with Gasteiger partial charge in [-0.2, -0.15) is 0 Å². The number of likely N-dealkylation sites (N-methyl/N-ethyl adjacent to an activating group) is 1. The van der Waals surface area contributed by atoms with Crippen molar-refractivity contribution in [2.75, 3.05) is 31.6 Å². The van der Waals surface area contributed by atoms with Crippen molar-refractivity contribution in [1.29, 1.82) is 0 Å². The summed E-state index contributed by atoms with van der Waals surface area (Å²) in [7, 11) is -1.65. The van der Waals surface area contributed by atoms with Crippen LogP contribution in [0.1, 0.15) is 50.6 Å². The van der Waals surface area contributed by atoms with Gasteiger partial charge in [0.25, 0.3) is 0 Å². The maximum atomic E-state index is 12.3. The van der Waals surface area contributed by atoms with Crippen LogP contribution in [0.4, 0.5) is 0 Å². The Morgan fingerprint density at radius 1 is 1.23 bits per heavy atom. The van der Waals surface area contributed by atoms with E-state index in [2.05, 4.69) is 45.0 Å². The van der Waals surface area contributed by atoms with Crippen molar-refractivity contribution in [3.63, 3.8) is 0 Å². The third-order valence-electron chi connectivity index (χ3n) is 4.62. The molecule has 1 atom stereocenters. The molecular weight excluding hydrogens is 368 g/mol. The molecule has 5 nitrogen and oxygen atoms in total. The second-order valence-corrected chi connectivity index (χ2v) is 11.0. The molecule has 0 radical (unpaired) electrons. The Morgan fingerprint density at radius 3 is 2.38 bits per heavy atom. The molecule has 1 aromatic rings. The van der Waals surface area contributed by atoms with Crippen molar-refractivity contribution in [2.24, 2.45) is 0 Å². The Kier molecular flexibility index (Phi) is 6.80. The smallest absolute Gasteiger partial charge is 0.233 e. The summed E-state index contributed by atoms with van der Waals surface area (Å²) in [4.78, 5) is 14.1. The zero-order valence-corrected chi connectivity index (χ0v) is 18.0. The molecule has 2 rings (SSSR count). The molecule has 146 valence electrons. The van der Waals surface area contributed by atoms with Gasteiger partial charge in [0.2, 0.25) is 15.9 Å². The fraction of sp³-hybridized carbons (Fsp3) is 0.632. The molecule has 7 heteroatoms. The second kappa shape index (κ2) is 8.31. The number of carbonyl (C=O) groups is 1. The molecule has 1 saturated heterocycles. The van der Waals surface area contributed by atoms with Gasteiger partial charge in [0, 0.05) is 20.1 Å². The highest BCUT2D eigenvalue weighted by Gasteiger charge is 2.33. The minimum atomic E-state index is -3.24. The zero-order chi connectivity index (χ0) is 19.5. The van der Waals surface area contributed by atoms with E-state index in [4.69, 9.17) is 0 Å². The van der Waals surface area contributed by atoms with E-state index in [1.165, 1.54) is 9.87 Å². The summed E-state index contributed by atoms with van der Waals surface area (Å²) in [5.41, 5.74) is 2.44. The highest BCUT2D eigenvalue weighted by molar-refractivity contribution is 8.00. The molecule has 0 aromatic heterocycles. The third kappa shape index (κ3) is 5.02. The molecule has 0 aliphatic carbocycles. The lowest BCUT2D eigenvalue weighted by atomic mass is 9.87. The van der Waals surface area contributed by atoms with Gasteiger partial charge in [-0.05, 0) is 23.0 Å². The summed E-state index contributed by atoms with van der Waals surface area (Å²) < 4.78 is 25.6. The van der Waals surface area contributed by atoms with Crippen molar-refractivity contribution in [3.05, 3.63) is 35.4 Å². The first-order chi connectivity index (χ1) is 12.1. The van der Waals surface area contributed by atoms with Crippen LogP contribution in [-0.4, -0.2) is 55.2 Å². The average Bonchev–Trinajstić information content (AvgIpc) is 2.92. The highest BCUT2D eigenvalue weighted by atomic mass is 32.2. The van der Waals surface area contributed by atoms with E-state index in [0.29, 0.717) is 25.3 Å². The third-order valence-corrected chi connectivity index (χ3v) is 7.94. The van der Waals surface area contributed by atoms with E-state index >= 15 is 0 Å². The molecule has 0 bridgehead atoms. The minimum absolute atomic E-state index is 0.0428. The molecule has 0 saturated carbocycles. The number of carbonyl (C=O) groups excluding carboxylic acids is 1. The first-order valence-corrected chi connectivity index (χ1v) is 11.7. The Labute approximate surface area is 162 Å². The predicted octanol–water partition coefficient (Wildman–Crippen LogP) is 3.23. The van der Waals surface area contributed by atoms with Gasteiger partial charge >= 0.3 is 0 Å². The van der Waals surface area contributed by atoms with E-state index < -0.39 is 10.0 Å². The summed E-state index contributed by atoms with van der Waals surface area (Å²) in [5.74, 6) is 0.655. The van der Waals surface area contributed by atoms with Gasteiger partial charge in [0.15, 0.2) is 0 Å². The van der Waals surface area contributed by atoms with E-state index in [-0.39, 0.29) is 22.4 Å². The molecule has 1 aliphatic rings. The van der Waals surface area contributed by atoms with Crippen molar-refractivity contribution in [2.45, 2.75) is 44.9 Å². The van der Waals surface area contributed by atoms with Gasteiger partial charge in [-0.3, -0.25) is 4.79 Å². The maximum absolute atomic E-state index is 12.3. The second-order valence-electron chi connectivity index (χ2n) is 7.76. The minimum Gasteiger partial charge on any atom is -0.325 e. The van der Waals surface area contributed by atoms with Crippen molar-refractivity contribution >= 4 is 27.7 Å². The van der Waals surface area contributed by atoms with Crippen molar-refractivity contribution in [3.8, 4) is 0 Å². The molecule has 26 heavy (non-hydrogen) atoms. The summed E-state index contributed by atoms with van der Waals surface area (Å²) in [6.45, 7) is 9.11. The normalized spacial score (nSPS) is 18.8. The van der Waals surface area contributed by atoms with Gasteiger partial charge < -0.3 is 4.90 Å². The van der Waals surface area contributed by atoms with E-state index in [9.17, 15) is 13.2 Å². The summed E-state index contributed by atoms with van der Waals surface area (Å²) in [5, 5.41) is -0.0428. The number of amides is 1. The molecule has 1 heterocycles. The van der Waals surface area contributed by atoms with Crippen LogP contribution in [0.5, 0.6) is 0 Å². The van der Waals surface area contributed by atoms with Gasteiger partial charge in [-0.1, -0.05) is 52.0 Å². The predicted molar refractivity (Wildman–Crippen MR) is 109 cm³/mol. The summed E-state index contributed by atoms with van der Waals surface area (Å²) in [6, 6.07) is 8.41. The van der Waals surface area contributed by atoms with Crippen molar-refractivity contribution < 1.29 is 13.2 Å². The molecule has 0 N–H and O–H groups in total. The molecule has 1 fully saturated rings. The lowest BCUT2D eigenvalue weighted by Gasteiger charge is -2.27. The Balaban J connectivity index is 2.09. The molecular formula is C19H30N2O3S2. The van der Waals surface area contributed by atoms with E-state index in [0.717, 1.165) is 5.56 Å². The lowest BCUT2D eigenvalue weighted by molar-refractivity contribution is -0.128. The van der Waals surface area contributed by atoms with Gasteiger partial charge in [0.05, 0.1) is 11.5 Å². The number of nitrogens with zero attached hydrogens (tertiary/aromatic N) is 2. The van der Waals surface area contributed by atoms with E-state index in [1.807, 2.05) is 6.92 Å². The fourth-order valence-electron chi connectivity index (χ4n) is 2.92. The SMILES string of the molecule is CCCS(=O)(=O)N(C)CCN1C(=O)CS[C@@H]1c1ccc(C(C)(C)C)cc1. The maximum Gasteiger partial charge on any atom is 0.233 e. The number of benzene rings is 1. The van der Waals surface area contributed by atoms with Gasteiger partial charge in [-0.15, -0.1) is 11.8 Å². The average molecular weight is 399 g/mol. The van der Waals surface area contributed by atoms with Crippen LogP contribution in [0.2, 0.25) is 0 Å². The zero-order valence-electron chi connectivity index (χ0n) is 16.4. The molecule has 0 unspecified atom stereocenters. The number of thioether (sulfide) groups is 1. The molecule has 1 aliphatic heterocycles. The summed E-state index contributed by atoms with van der Waals surface area (Å²) >= 11 is 1.60. The molecule has 0 spiro atoms. The number of sulfonamides is 1. The number of hydrogen-bond donors (Lipinski definition) is 0. The molecule has 1 amide bonds. The van der Waals surface area contributed by atoms with Crippen LogP contribution in [0.3, 0.4) is 0 Å². The first kappa shape index (κ1) is 21.3. The largest absolute Gasteiger partial charge is 0.325 e. The van der Waals surface area contributed by atoms with E-state index in [1.54, 1.807) is 23.7 Å². The van der Waals surface area contributed by atoms with Crippen LogP contribution in [-0.2, 0) is 20.2 Å².